The molecule has 0 radical (unpaired) electrons. The number of piperidine rings is 1. The van der Waals surface area contributed by atoms with Gasteiger partial charge in [0.05, 0.1) is 11.5 Å². The Kier molecular flexibility index (Phi) is 6.82. The first-order chi connectivity index (χ1) is 14.6. The van der Waals surface area contributed by atoms with Crippen LogP contribution in [0.25, 0.3) is 0 Å². The van der Waals surface area contributed by atoms with E-state index in [4.69, 9.17) is 4.74 Å². The van der Waals surface area contributed by atoms with Gasteiger partial charge in [-0.3, -0.25) is 9.59 Å². The number of carbonyl (C=O) groups is 2. The van der Waals surface area contributed by atoms with Gasteiger partial charge in [-0.25, -0.2) is 4.98 Å². The van der Waals surface area contributed by atoms with Crippen LogP contribution in [0.4, 0.5) is 24.7 Å². The molecule has 1 fully saturated rings. The maximum atomic E-state index is 12.7. The van der Waals surface area contributed by atoms with Crippen LogP contribution in [0.1, 0.15) is 30.9 Å². The third-order valence-corrected chi connectivity index (χ3v) is 5.21. The van der Waals surface area contributed by atoms with Gasteiger partial charge < -0.3 is 15.0 Å². The van der Waals surface area contributed by atoms with Crippen LogP contribution in [-0.2, 0) is 20.5 Å². The lowest BCUT2D eigenvalue weighted by atomic mass is 9.97. The first-order valence-corrected chi connectivity index (χ1v) is 9.99. The monoisotopic (exact) mass is 435 g/mol. The lowest BCUT2D eigenvalue weighted by molar-refractivity contribution is -0.158. The molecule has 31 heavy (non-hydrogen) atoms. The van der Waals surface area contributed by atoms with Gasteiger partial charge in [0, 0.05) is 25.0 Å². The highest BCUT2D eigenvalue weighted by Gasteiger charge is 2.32. The van der Waals surface area contributed by atoms with E-state index < -0.39 is 29.7 Å². The number of halogens is 3. The molecule has 1 N–H and O–H groups in total. The smallest absolute Gasteiger partial charge is 0.417 e. The molecule has 2 aromatic rings. The minimum atomic E-state index is -4.43. The van der Waals surface area contributed by atoms with Gasteiger partial charge in [0.15, 0.2) is 6.10 Å². The number of aromatic nitrogens is 1. The van der Waals surface area contributed by atoms with Gasteiger partial charge >= 0.3 is 12.1 Å². The number of carbonyl (C=O) groups excluding carboxylic acids is 2. The molecular weight excluding hydrogens is 411 g/mol. The minimum absolute atomic E-state index is 0.375. The summed E-state index contributed by atoms with van der Waals surface area (Å²) in [6.07, 6.45) is -3.63. The standard InChI is InChI=1S/C22H24F3N3O3/c1-14-3-6-18(7-4-14)27-20(29)15(2)31-21(30)16-9-11-28(12-10-16)19-8-5-17(13-26-19)22(23,24)25/h3-8,13,15-16H,9-12H2,1-2H3,(H,27,29)/t15-/m0/s1. The number of benzene rings is 1. The van der Waals surface area contributed by atoms with E-state index in [0.29, 0.717) is 37.4 Å². The number of ether oxygens (including phenoxy) is 1. The van der Waals surface area contributed by atoms with Crippen LogP contribution in [0.15, 0.2) is 42.6 Å². The Labute approximate surface area is 178 Å². The van der Waals surface area contributed by atoms with Crippen molar-refractivity contribution in [1.29, 1.82) is 0 Å². The molecule has 1 aliphatic heterocycles. The molecular formula is C22H24F3N3O3. The first-order valence-electron chi connectivity index (χ1n) is 9.99. The highest BCUT2D eigenvalue weighted by atomic mass is 19.4. The van der Waals surface area contributed by atoms with E-state index in [1.807, 2.05) is 24.0 Å². The summed E-state index contributed by atoms with van der Waals surface area (Å²) in [5.74, 6) is -0.804. The van der Waals surface area contributed by atoms with E-state index in [0.717, 1.165) is 17.8 Å². The van der Waals surface area contributed by atoms with E-state index in [1.165, 1.54) is 13.0 Å². The van der Waals surface area contributed by atoms with E-state index in [9.17, 15) is 22.8 Å². The van der Waals surface area contributed by atoms with Gasteiger partial charge in [0.2, 0.25) is 0 Å². The summed E-state index contributed by atoms with van der Waals surface area (Å²) in [5, 5.41) is 2.71. The first kappa shape index (κ1) is 22.6. The van der Waals surface area contributed by atoms with Crippen LogP contribution in [0, 0.1) is 12.8 Å². The number of alkyl halides is 3. The minimum Gasteiger partial charge on any atom is -0.452 e. The molecule has 166 valence electrons. The zero-order chi connectivity index (χ0) is 22.6. The molecule has 6 nitrogen and oxygen atoms in total. The number of anilines is 2. The average molecular weight is 435 g/mol. The molecule has 0 saturated carbocycles. The Balaban J connectivity index is 1.48. The number of rotatable bonds is 5. The number of hydrogen-bond acceptors (Lipinski definition) is 5. The lowest BCUT2D eigenvalue weighted by Gasteiger charge is -2.32. The quantitative estimate of drug-likeness (QED) is 0.713. The fourth-order valence-corrected chi connectivity index (χ4v) is 3.29. The molecule has 1 atom stereocenters. The topological polar surface area (TPSA) is 71.5 Å². The Morgan fingerprint density at radius 1 is 1.13 bits per heavy atom. The van der Waals surface area contributed by atoms with Crippen molar-refractivity contribution in [2.24, 2.45) is 5.92 Å². The average Bonchev–Trinajstić information content (AvgIpc) is 2.75. The van der Waals surface area contributed by atoms with Crippen molar-refractivity contribution in [2.75, 3.05) is 23.3 Å². The number of pyridine rings is 1. The van der Waals surface area contributed by atoms with Crippen LogP contribution in [-0.4, -0.2) is 36.1 Å². The summed E-state index contributed by atoms with van der Waals surface area (Å²) >= 11 is 0. The Morgan fingerprint density at radius 3 is 2.32 bits per heavy atom. The van der Waals surface area contributed by atoms with E-state index >= 15 is 0 Å². The van der Waals surface area contributed by atoms with Gasteiger partial charge in [0.1, 0.15) is 5.82 Å². The molecule has 9 heteroatoms. The number of aryl methyl sites for hydroxylation is 1. The molecule has 0 bridgehead atoms. The van der Waals surface area contributed by atoms with Crippen molar-refractivity contribution in [3.8, 4) is 0 Å². The van der Waals surface area contributed by atoms with Gasteiger partial charge in [-0.1, -0.05) is 17.7 Å². The predicted molar refractivity (Wildman–Crippen MR) is 110 cm³/mol. The van der Waals surface area contributed by atoms with E-state index in [2.05, 4.69) is 10.3 Å². The molecule has 1 aromatic heterocycles. The lowest BCUT2D eigenvalue weighted by Crippen LogP contribution is -2.39. The van der Waals surface area contributed by atoms with Crippen molar-refractivity contribution in [1.82, 2.24) is 4.98 Å². The molecule has 2 heterocycles. The fraction of sp³-hybridized carbons (Fsp3) is 0.409. The maximum Gasteiger partial charge on any atom is 0.417 e. The molecule has 1 aliphatic rings. The third-order valence-electron chi connectivity index (χ3n) is 5.21. The van der Waals surface area contributed by atoms with Gasteiger partial charge in [-0.15, -0.1) is 0 Å². The highest BCUT2D eigenvalue weighted by molar-refractivity contribution is 5.95. The molecule has 1 aromatic carbocycles. The summed E-state index contributed by atoms with van der Waals surface area (Å²) in [5.41, 5.74) is 0.888. The van der Waals surface area contributed by atoms with Gasteiger partial charge in [-0.2, -0.15) is 13.2 Å². The fourth-order valence-electron chi connectivity index (χ4n) is 3.29. The second-order valence-electron chi connectivity index (χ2n) is 7.60. The third kappa shape index (κ3) is 5.96. The van der Waals surface area contributed by atoms with Crippen LogP contribution in [0.5, 0.6) is 0 Å². The number of nitrogens with one attached hydrogen (secondary N) is 1. The summed E-state index contributed by atoms with van der Waals surface area (Å²) in [7, 11) is 0. The zero-order valence-corrected chi connectivity index (χ0v) is 17.3. The van der Waals surface area contributed by atoms with Crippen molar-refractivity contribution >= 4 is 23.4 Å². The molecule has 3 rings (SSSR count). The molecule has 1 amide bonds. The Morgan fingerprint density at radius 2 is 1.77 bits per heavy atom. The second kappa shape index (κ2) is 9.36. The van der Waals surface area contributed by atoms with Crippen LogP contribution in [0.2, 0.25) is 0 Å². The zero-order valence-electron chi connectivity index (χ0n) is 17.3. The molecule has 0 spiro atoms. The van der Waals surface area contributed by atoms with E-state index in [-0.39, 0.29) is 5.92 Å². The number of esters is 1. The van der Waals surface area contributed by atoms with E-state index in [1.54, 1.807) is 12.1 Å². The Bertz CT molecular complexity index is 906. The van der Waals surface area contributed by atoms with Crippen molar-refractivity contribution in [3.05, 3.63) is 53.7 Å². The highest BCUT2D eigenvalue weighted by Crippen LogP contribution is 2.30. The number of hydrogen-bond donors (Lipinski definition) is 1. The Hall–Kier alpha value is -3.10. The summed E-state index contributed by atoms with van der Waals surface area (Å²) in [6, 6.07) is 9.60. The number of nitrogens with zero attached hydrogens (tertiary/aromatic N) is 2. The summed E-state index contributed by atoms with van der Waals surface area (Å²) in [4.78, 5) is 30.4. The molecule has 0 aliphatic carbocycles. The second-order valence-corrected chi connectivity index (χ2v) is 7.60. The largest absolute Gasteiger partial charge is 0.452 e. The normalized spacial score (nSPS) is 16.0. The summed E-state index contributed by atoms with van der Waals surface area (Å²) < 4.78 is 43.3. The van der Waals surface area contributed by atoms with Gasteiger partial charge in [-0.05, 0) is 51.0 Å². The number of amides is 1. The predicted octanol–water partition coefficient (Wildman–Crippen LogP) is 4.20. The van der Waals surface area contributed by atoms with Crippen LogP contribution < -0.4 is 10.2 Å². The van der Waals surface area contributed by atoms with Crippen LogP contribution >= 0.6 is 0 Å². The molecule has 0 unspecified atom stereocenters. The SMILES string of the molecule is Cc1ccc(NC(=O)[C@H](C)OC(=O)C2CCN(c3ccc(C(F)(F)F)cn3)CC2)cc1. The van der Waals surface area contributed by atoms with Crippen molar-refractivity contribution in [2.45, 2.75) is 39.0 Å². The summed E-state index contributed by atoms with van der Waals surface area (Å²) in [6.45, 7) is 4.38. The van der Waals surface area contributed by atoms with Crippen molar-refractivity contribution < 1.29 is 27.5 Å². The van der Waals surface area contributed by atoms with Gasteiger partial charge in [0.25, 0.3) is 5.91 Å². The molecule has 1 saturated heterocycles. The van der Waals surface area contributed by atoms with Crippen molar-refractivity contribution in [3.63, 3.8) is 0 Å². The van der Waals surface area contributed by atoms with Crippen LogP contribution in [0.3, 0.4) is 0 Å². The maximum absolute atomic E-state index is 12.7.